The minimum atomic E-state index is -3.25. The number of rotatable bonds is 3. The van der Waals surface area contributed by atoms with Crippen LogP contribution in [0.4, 0.5) is 0 Å². The number of sulfone groups is 1. The van der Waals surface area contributed by atoms with Crippen LogP contribution in [-0.4, -0.2) is 8.42 Å². The second-order valence-electron chi connectivity index (χ2n) is 3.74. The Morgan fingerprint density at radius 1 is 0.882 bits per heavy atom. The molecule has 0 saturated heterocycles. The Morgan fingerprint density at radius 2 is 1.47 bits per heavy atom. The Hall–Kier alpha value is -1.26. The van der Waals surface area contributed by atoms with Crippen molar-refractivity contribution in [3.63, 3.8) is 0 Å². The molecule has 2 aromatic rings. The van der Waals surface area contributed by atoms with E-state index in [0.717, 1.165) is 10.5 Å². The molecule has 88 valence electrons. The van der Waals surface area contributed by atoms with Gasteiger partial charge >= 0.3 is 0 Å². The molecule has 17 heavy (non-hydrogen) atoms. The largest absolute Gasteiger partial charge is 0.223 e. The second-order valence-corrected chi connectivity index (χ2v) is 6.24. The Labute approximate surface area is 107 Å². The molecule has 2 rings (SSSR count). The topological polar surface area (TPSA) is 34.1 Å². The molecule has 0 spiro atoms. The van der Waals surface area contributed by atoms with Crippen molar-refractivity contribution >= 4 is 22.5 Å². The van der Waals surface area contributed by atoms with Gasteiger partial charge in [-0.05, 0) is 29.8 Å². The SMILES string of the molecule is O=S(=O)(Cc1ccc(S)cc1)c1ccccc1. The van der Waals surface area contributed by atoms with E-state index in [0.29, 0.717) is 4.90 Å². The van der Waals surface area contributed by atoms with Crippen LogP contribution in [0, 0.1) is 0 Å². The van der Waals surface area contributed by atoms with Gasteiger partial charge in [0.2, 0.25) is 0 Å². The van der Waals surface area contributed by atoms with Gasteiger partial charge in [0.1, 0.15) is 0 Å². The molecule has 0 heterocycles. The number of thiol groups is 1. The van der Waals surface area contributed by atoms with E-state index in [4.69, 9.17) is 0 Å². The first-order valence-electron chi connectivity index (χ1n) is 5.14. The summed E-state index contributed by atoms with van der Waals surface area (Å²) in [5, 5.41) is 0. The van der Waals surface area contributed by atoms with Crippen molar-refractivity contribution in [2.24, 2.45) is 0 Å². The summed E-state index contributed by atoms with van der Waals surface area (Å²) >= 11 is 4.16. The molecule has 0 radical (unpaired) electrons. The molecule has 0 fully saturated rings. The van der Waals surface area contributed by atoms with Gasteiger partial charge in [-0.1, -0.05) is 30.3 Å². The third-order valence-electron chi connectivity index (χ3n) is 2.40. The van der Waals surface area contributed by atoms with E-state index in [1.807, 2.05) is 0 Å². The number of benzene rings is 2. The van der Waals surface area contributed by atoms with E-state index < -0.39 is 9.84 Å². The lowest BCUT2D eigenvalue weighted by atomic mass is 10.2. The molecule has 0 bridgehead atoms. The maximum Gasteiger partial charge on any atom is 0.182 e. The molecule has 4 heteroatoms. The van der Waals surface area contributed by atoms with Crippen LogP contribution in [0.2, 0.25) is 0 Å². The third-order valence-corrected chi connectivity index (χ3v) is 4.40. The molecule has 0 aliphatic rings. The maximum absolute atomic E-state index is 12.1. The minimum absolute atomic E-state index is 0.0189. The van der Waals surface area contributed by atoms with Crippen LogP contribution in [0.15, 0.2) is 64.4 Å². The van der Waals surface area contributed by atoms with Gasteiger partial charge in [-0.25, -0.2) is 8.42 Å². The van der Waals surface area contributed by atoms with E-state index in [1.54, 1.807) is 54.6 Å². The van der Waals surface area contributed by atoms with Crippen molar-refractivity contribution < 1.29 is 8.42 Å². The van der Waals surface area contributed by atoms with E-state index in [1.165, 1.54) is 0 Å². The van der Waals surface area contributed by atoms with Crippen LogP contribution in [-0.2, 0) is 15.6 Å². The molecular weight excluding hydrogens is 252 g/mol. The predicted molar refractivity (Wildman–Crippen MR) is 71.0 cm³/mol. The second kappa shape index (κ2) is 4.94. The predicted octanol–water partition coefficient (Wildman–Crippen LogP) is 2.95. The Morgan fingerprint density at radius 3 is 2.06 bits per heavy atom. The molecule has 0 aliphatic heterocycles. The van der Waals surface area contributed by atoms with E-state index in [-0.39, 0.29) is 5.75 Å². The van der Waals surface area contributed by atoms with Crippen LogP contribution >= 0.6 is 12.6 Å². The summed E-state index contributed by atoms with van der Waals surface area (Å²) in [7, 11) is -3.25. The standard InChI is InChI=1S/C13H12O2S2/c14-17(15,13-4-2-1-3-5-13)10-11-6-8-12(16)9-7-11/h1-9,16H,10H2. The average Bonchev–Trinajstić information content (AvgIpc) is 2.33. The quantitative estimate of drug-likeness (QED) is 0.865. The number of hydrogen-bond donors (Lipinski definition) is 1. The van der Waals surface area contributed by atoms with Gasteiger partial charge in [-0.2, -0.15) is 0 Å². The minimum Gasteiger partial charge on any atom is -0.223 e. The lowest BCUT2D eigenvalue weighted by Crippen LogP contribution is -2.04. The maximum atomic E-state index is 12.1. The van der Waals surface area contributed by atoms with Gasteiger partial charge in [-0.3, -0.25) is 0 Å². The summed E-state index contributed by atoms with van der Waals surface area (Å²) < 4.78 is 24.1. The van der Waals surface area contributed by atoms with Crippen molar-refractivity contribution in [1.29, 1.82) is 0 Å². The zero-order valence-corrected chi connectivity index (χ0v) is 10.8. The Bertz CT molecular complexity index is 587. The van der Waals surface area contributed by atoms with Gasteiger partial charge in [0, 0.05) is 4.90 Å². The van der Waals surface area contributed by atoms with Gasteiger partial charge in [-0.15, -0.1) is 12.6 Å². The fourth-order valence-electron chi connectivity index (χ4n) is 1.52. The van der Waals surface area contributed by atoms with Crippen LogP contribution in [0.25, 0.3) is 0 Å². The molecule has 0 aliphatic carbocycles. The summed E-state index contributed by atoms with van der Waals surface area (Å²) in [6.45, 7) is 0. The van der Waals surface area contributed by atoms with Gasteiger partial charge in [0.05, 0.1) is 10.6 Å². The highest BCUT2D eigenvalue weighted by Gasteiger charge is 2.14. The van der Waals surface area contributed by atoms with Crippen LogP contribution in [0.5, 0.6) is 0 Å². The summed E-state index contributed by atoms with van der Waals surface area (Å²) in [5.41, 5.74) is 0.770. The Balaban J connectivity index is 2.27. The highest BCUT2D eigenvalue weighted by molar-refractivity contribution is 7.90. The average molecular weight is 264 g/mol. The zero-order chi connectivity index (χ0) is 12.3. The smallest absolute Gasteiger partial charge is 0.182 e. The Kier molecular flexibility index (Phi) is 3.54. The first-order valence-corrected chi connectivity index (χ1v) is 7.23. The molecule has 0 amide bonds. The van der Waals surface area contributed by atoms with Crippen molar-refractivity contribution in [1.82, 2.24) is 0 Å². The zero-order valence-electron chi connectivity index (χ0n) is 9.08. The molecule has 0 saturated carbocycles. The molecule has 2 aromatic carbocycles. The lowest BCUT2D eigenvalue weighted by Gasteiger charge is -2.04. The van der Waals surface area contributed by atoms with E-state index in [9.17, 15) is 8.42 Å². The third kappa shape index (κ3) is 3.11. The van der Waals surface area contributed by atoms with Gasteiger partial charge in [0.15, 0.2) is 9.84 Å². The van der Waals surface area contributed by atoms with Gasteiger partial charge in [0.25, 0.3) is 0 Å². The van der Waals surface area contributed by atoms with Crippen molar-refractivity contribution in [3.8, 4) is 0 Å². The molecular formula is C13H12O2S2. The van der Waals surface area contributed by atoms with Crippen molar-refractivity contribution in [3.05, 3.63) is 60.2 Å². The van der Waals surface area contributed by atoms with E-state index >= 15 is 0 Å². The summed E-state index contributed by atoms with van der Waals surface area (Å²) in [6, 6.07) is 15.6. The highest BCUT2D eigenvalue weighted by atomic mass is 32.2. The number of hydrogen-bond acceptors (Lipinski definition) is 3. The summed E-state index contributed by atoms with van der Waals surface area (Å²) in [6.07, 6.45) is 0. The molecule has 0 N–H and O–H groups in total. The molecule has 0 atom stereocenters. The van der Waals surface area contributed by atoms with E-state index in [2.05, 4.69) is 12.6 Å². The van der Waals surface area contributed by atoms with Crippen molar-refractivity contribution in [2.75, 3.05) is 0 Å². The normalized spacial score (nSPS) is 11.4. The van der Waals surface area contributed by atoms with Crippen LogP contribution in [0.1, 0.15) is 5.56 Å². The van der Waals surface area contributed by atoms with Crippen LogP contribution < -0.4 is 0 Å². The fraction of sp³-hybridized carbons (Fsp3) is 0.0769. The molecule has 0 unspecified atom stereocenters. The first-order chi connectivity index (χ1) is 8.08. The molecule has 0 aromatic heterocycles. The monoisotopic (exact) mass is 264 g/mol. The first kappa shape index (κ1) is 12.2. The lowest BCUT2D eigenvalue weighted by molar-refractivity contribution is 0.595. The fourth-order valence-corrected chi connectivity index (χ4v) is 3.04. The summed E-state index contributed by atoms with van der Waals surface area (Å²) in [5.74, 6) is 0.0189. The molecule has 2 nitrogen and oxygen atoms in total. The summed E-state index contributed by atoms with van der Waals surface area (Å²) in [4.78, 5) is 1.18. The van der Waals surface area contributed by atoms with Gasteiger partial charge < -0.3 is 0 Å². The van der Waals surface area contributed by atoms with Crippen LogP contribution in [0.3, 0.4) is 0 Å². The highest BCUT2D eigenvalue weighted by Crippen LogP contribution is 2.17. The van der Waals surface area contributed by atoms with Crippen molar-refractivity contribution in [2.45, 2.75) is 15.5 Å².